The Hall–Kier alpha value is -2.67. The molecule has 0 aliphatic rings. The van der Waals surface area contributed by atoms with Crippen molar-refractivity contribution in [3.8, 4) is 0 Å². The summed E-state index contributed by atoms with van der Waals surface area (Å²) in [5, 5.41) is 13.6. The Morgan fingerprint density at radius 2 is 2.05 bits per heavy atom. The molecule has 0 aliphatic heterocycles. The first-order valence-electron chi connectivity index (χ1n) is 6.09. The fourth-order valence-corrected chi connectivity index (χ4v) is 2.88. The minimum Gasteiger partial charge on any atom is -0.409 e. The highest BCUT2D eigenvalue weighted by atomic mass is 32.2. The third kappa shape index (κ3) is 2.63. The van der Waals surface area contributed by atoms with E-state index in [0.717, 1.165) is 20.8 Å². The Bertz CT molecular complexity index is 816. The highest BCUT2D eigenvalue weighted by Crippen LogP contribution is 2.32. The summed E-state index contributed by atoms with van der Waals surface area (Å²) in [4.78, 5) is 13.4. The quantitative estimate of drug-likeness (QED) is 0.253. The SMILES string of the molecule is N/C(=N/O)c1ccncc1Sc1ncnc2ccccc12. The molecule has 3 N–H and O–H groups in total. The molecular formula is C14H11N5OS. The van der Waals surface area contributed by atoms with Crippen LogP contribution in [0.4, 0.5) is 0 Å². The fourth-order valence-electron chi connectivity index (χ4n) is 1.89. The molecule has 2 aromatic heterocycles. The lowest BCUT2D eigenvalue weighted by atomic mass is 10.2. The summed E-state index contributed by atoms with van der Waals surface area (Å²) < 4.78 is 0. The molecule has 1 aromatic carbocycles. The maximum Gasteiger partial charge on any atom is 0.171 e. The van der Waals surface area contributed by atoms with Gasteiger partial charge in [-0.05, 0) is 12.1 Å². The number of amidine groups is 1. The number of nitrogens with two attached hydrogens (primary N) is 1. The Morgan fingerprint density at radius 1 is 1.19 bits per heavy atom. The lowest BCUT2D eigenvalue weighted by Crippen LogP contribution is -2.14. The summed E-state index contributed by atoms with van der Waals surface area (Å²) in [5.41, 5.74) is 7.16. The van der Waals surface area contributed by atoms with Crippen LogP contribution in [0.25, 0.3) is 10.9 Å². The molecule has 0 atom stereocenters. The van der Waals surface area contributed by atoms with Crippen LogP contribution in [-0.4, -0.2) is 26.0 Å². The average molecular weight is 297 g/mol. The first kappa shape index (κ1) is 13.3. The first-order chi connectivity index (χ1) is 10.3. The number of oxime groups is 1. The predicted molar refractivity (Wildman–Crippen MR) is 80.4 cm³/mol. The number of aromatic nitrogens is 3. The molecule has 2 heterocycles. The van der Waals surface area contributed by atoms with E-state index in [2.05, 4.69) is 20.1 Å². The normalized spacial score (nSPS) is 11.7. The van der Waals surface area contributed by atoms with Gasteiger partial charge in [0.1, 0.15) is 11.4 Å². The van der Waals surface area contributed by atoms with Gasteiger partial charge in [0.2, 0.25) is 0 Å². The third-order valence-corrected chi connectivity index (χ3v) is 3.95. The maximum absolute atomic E-state index is 8.86. The van der Waals surface area contributed by atoms with E-state index >= 15 is 0 Å². The Balaban J connectivity index is 2.08. The molecule has 0 aliphatic carbocycles. The number of rotatable bonds is 3. The lowest BCUT2D eigenvalue weighted by molar-refractivity contribution is 0.318. The second kappa shape index (κ2) is 5.76. The van der Waals surface area contributed by atoms with E-state index < -0.39 is 0 Å². The van der Waals surface area contributed by atoms with Crippen LogP contribution in [0.2, 0.25) is 0 Å². The average Bonchev–Trinajstić information content (AvgIpc) is 2.55. The third-order valence-electron chi connectivity index (χ3n) is 2.88. The van der Waals surface area contributed by atoms with Crippen molar-refractivity contribution in [2.75, 3.05) is 0 Å². The van der Waals surface area contributed by atoms with E-state index in [1.54, 1.807) is 18.5 Å². The van der Waals surface area contributed by atoms with Gasteiger partial charge >= 0.3 is 0 Å². The van der Waals surface area contributed by atoms with Gasteiger partial charge in [-0.3, -0.25) is 4.98 Å². The minimum absolute atomic E-state index is 0.0401. The van der Waals surface area contributed by atoms with E-state index in [4.69, 9.17) is 10.9 Å². The second-order valence-corrected chi connectivity index (χ2v) is 5.19. The van der Waals surface area contributed by atoms with Crippen molar-refractivity contribution in [2.45, 2.75) is 9.92 Å². The molecule has 3 rings (SSSR count). The first-order valence-corrected chi connectivity index (χ1v) is 6.91. The van der Waals surface area contributed by atoms with Gasteiger partial charge in [-0.2, -0.15) is 0 Å². The molecule has 104 valence electrons. The summed E-state index contributed by atoms with van der Waals surface area (Å²) in [7, 11) is 0. The zero-order valence-electron chi connectivity index (χ0n) is 10.8. The van der Waals surface area contributed by atoms with Crippen molar-refractivity contribution in [3.05, 3.63) is 54.6 Å². The molecule has 0 spiro atoms. The zero-order valence-corrected chi connectivity index (χ0v) is 11.7. The number of fused-ring (bicyclic) bond motifs is 1. The van der Waals surface area contributed by atoms with E-state index in [1.165, 1.54) is 18.1 Å². The smallest absolute Gasteiger partial charge is 0.171 e. The number of para-hydroxylation sites is 1. The van der Waals surface area contributed by atoms with Crippen LogP contribution in [0.5, 0.6) is 0 Å². The molecule has 3 aromatic rings. The highest BCUT2D eigenvalue weighted by molar-refractivity contribution is 7.99. The minimum atomic E-state index is 0.0401. The Kier molecular flexibility index (Phi) is 3.65. The van der Waals surface area contributed by atoms with Gasteiger partial charge in [0.15, 0.2) is 5.84 Å². The Labute approximate surface area is 124 Å². The van der Waals surface area contributed by atoms with Crippen molar-refractivity contribution in [1.29, 1.82) is 0 Å². The van der Waals surface area contributed by atoms with Crippen molar-refractivity contribution < 1.29 is 5.21 Å². The van der Waals surface area contributed by atoms with Gasteiger partial charge in [0, 0.05) is 28.2 Å². The van der Waals surface area contributed by atoms with Crippen LogP contribution in [0.1, 0.15) is 5.56 Å². The summed E-state index contributed by atoms with van der Waals surface area (Å²) in [6.07, 6.45) is 4.77. The van der Waals surface area contributed by atoms with Crippen molar-refractivity contribution >= 4 is 28.5 Å². The van der Waals surface area contributed by atoms with Crippen LogP contribution >= 0.6 is 11.8 Å². The molecule has 6 nitrogen and oxygen atoms in total. The molecule has 0 saturated carbocycles. The standard InChI is InChI=1S/C14H11N5OS/c15-13(19-20)10-5-6-16-7-12(10)21-14-9-3-1-2-4-11(9)17-8-18-14/h1-8,20H,(H2,15,19). The molecule has 21 heavy (non-hydrogen) atoms. The molecule has 0 unspecified atom stereocenters. The fraction of sp³-hybridized carbons (Fsp3) is 0. The van der Waals surface area contributed by atoms with Crippen LogP contribution < -0.4 is 5.73 Å². The molecule has 0 bridgehead atoms. The Morgan fingerprint density at radius 3 is 2.90 bits per heavy atom. The van der Waals surface area contributed by atoms with E-state index in [1.807, 2.05) is 24.3 Å². The largest absolute Gasteiger partial charge is 0.409 e. The van der Waals surface area contributed by atoms with Gasteiger partial charge in [0.05, 0.1) is 5.52 Å². The van der Waals surface area contributed by atoms with E-state index in [9.17, 15) is 0 Å². The lowest BCUT2D eigenvalue weighted by Gasteiger charge is -2.08. The molecule has 7 heteroatoms. The number of benzene rings is 1. The van der Waals surface area contributed by atoms with Crippen molar-refractivity contribution in [1.82, 2.24) is 15.0 Å². The van der Waals surface area contributed by atoms with Crippen molar-refractivity contribution in [2.24, 2.45) is 10.9 Å². The van der Waals surface area contributed by atoms with Crippen LogP contribution in [0, 0.1) is 0 Å². The van der Waals surface area contributed by atoms with Gasteiger partial charge in [-0.1, -0.05) is 35.1 Å². The van der Waals surface area contributed by atoms with E-state index in [0.29, 0.717) is 5.56 Å². The predicted octanol–water partition coefficient (Wildman–Crippen LogP) is 2.27. The van der Waals surface area contributed by atoms with Crippen LogP contribution in [0.15, 0.2) is 64.1 Å². The second-order valence-electron chi connectivity index (χ2n) is 4.16. The molecule has 0 radical (unpaired) electrons. The monoisotopic (exact) mass is 297 g/mol. The highest BCUT2D eigenvalue weighted by Gasteiger charge is 2.11. The van der Waals surface area contributed by atoms with Crippen LogP contribution in [-0.2, 0) is 0 Å². The number of hydrogen-bond acceptors (Lipinski definition) is 6. The van der Waals surface area contributed by atoms with E-state index in [-0.39, 0.29) is 5.84 Å². The summed E-state index contributed by atoms with van der Waals surface area (Å²) in [6, 6.07) is 9.44. The summed E-state index contributed by atoms with van der Waals surface area (Å²) in [6.45, 7) is 0. The van der Waals surface area contributed by atoms with Gasteiger partial charge in [0.25, 0.3) is 0 Å². The molecular weight excluding hydrogens is 286 g/mol. The molecule has 0 saturated heterocycles. The molecule has 0 fully saturated rings. The van der Waals surface area contributed by atoms with Gasteiger partial charge in [-0.15, -0.1) is 0 Å². The summed E-state index contributed by atoms with van der Waals surface area (Å²) >= 11 is 1.40. The molecule has 0 amide bonds. The summed E-state index contributed by atoms with van der Waals surface area (Å²) in [5.74, 6) is 0.0401. The van der Waals surface area contributed by atoms with Gasteiger partial charge < -0.3 is 10.9 Å². The van der Waals surface area contributed by atoms with Gasteiger partial charge in [-0.25, -0.2) is 9.97 Å². The number of pyridine rings is 1. The zero-order chi connectivity index (χ0) is 14.7. The number of hydrogen-bond donors (Lipinski definition) is 2. The number of nitrogens with zero attached hydrogens (tertiary/aromatic N) is 4. The maximum atomic E-state index is 8.86. The topological polar surface area (TPSA) is 97.3 Å². The van der Waals surface area contributed by atoms with Crippen molar-refractivity contribution in [3.63, 3.8) is 0 Å². The van der Waals surface area contributed by atoms with Crippen LogP contribution in [0.3, 0.4) is 0 Å².